The predicted octanol–water partition coefficient (Wildman–Crippen LogP) is 2.59. The van der Waals surface area contributed by atoms with Gasteiger partial charge in [0.2, 0.25) is 0 Å². The highest BCUT2D eigenvalue weighted by atomic mass is 19.4. The maximum atomic E-state index is 12.6. The number of hydrogen-bond acceptors (Lipinski definition) is 2. The lowest BCUT2D eigenvalue weighted by Gasteiger charge is -2.41. The lowest BCUT2D eigenvalue weighted by atomic mass is 9.75. The highest BCUT2D eigenvalue weighted by Crippen LogP contribution is 2.41. The standard InChI is InChI=1S/C10H16F6N2/c11-9(12,13)6-18-8(5-17)3-1-2-7(4-8)10(14,15)16/h7,18H,1-6,17H2. The van der Waals surface area contributed by atoms with Crippen molar-refractivity contribution in [3.05, 3.63) is 0 Å². The minimum Gasteiger partial charge on any atom is -0.329 e. The van der Waals surface area contributed by atoms with Crippen LogP contribution in [-0.4, -0.2) is 31.0 Å². The van der Waals surface area contributed by atoms with Crippen LogP contribution in [-0.2, 0) is 0 Å². The van der Waals surface area contributed by atoms with E-state index in [-0.39, 0.29) is 32.2 Å². The zero-order chi connectivity index (χ0) is 14.0. The van der Waals surface area contributed by atoms with Gasteiger partial charge in [0.25, 0.3) is 0 Å². The number of nitrogens with two attached hydrogens (primary N) is 1. The lowest BCUT2D eigenvalue weighted by molar-refractivity contribution is -0.189. The molecule has 108 valence electrons. The van der Waals surface area contributed by atoms with Gasteiger partial charge in [-0.15, -0.1) is 0 Å². The number of rotatable bonds is 3. The fourth-order valence-electron chi connectivity index (χ4n) is 2.35. The smallest absolute Gasteiger partial charge is 0.329 e. The van der Waals surface area contributed by atoms with Crippen molar-refractivity contribution in [2.45, 2.75) is 43.6 Å². The van der Waals surface area contributed by atoms with Crippen LogP contribution in [0.25, 0.3) is 0 Å². The Morgan fingerprint density at radius 3 is 2.22 bits per heavy atom. The number of nitrogens with one attached hydrogen (secondary N) is 1. The monoisotopic (exact) mass is 278 g/mol. The summed E-state index contributed by atoms with van der Waals surface area (Å²) in [4.78, 5) is 0. The van der Waals surface area contributed by atoms with E-state index in [2.05, 4.69) is 5.32 Å². The Kier molecular flexibility index (Phi) is 4.53. The van der Waals surface area contributed by atoms with E-state index in [9.17, 15) is 26.3 Å². The Balaban J connectivity index is 2.69. The molecule has 0 saturated heterocycles. The Morgan fingerprint density at radius 1 is 1.17 bits per heavy atom. The van der Waals surface area contributed by atoms with Crippen molar-refractivity contribution in [3.8, 4) is 0 Å². The largest absolute Gasteiger partial charge is 0.401 e. The Hall–Kier alpha value is -0.500. The van der Waals surface area contributed by atoms with Crippen molar-refractivity contribution in [1.29, 1.82) is 0 Å². The van der Waals surface area contributed by atoms with E-state index >= 15 is 0 Å². The van der Waals surface area contributed by atoms with Crippen LogP contribution in [0, 0.1) is 5.92 Å². The summed E-state index contributed by atoms with van der Waals surface area (Å²) in [6, 6.07) is 0. The van der Waals surface area contributed by atoms with Gasteiger partial charge in [-0.3, -0.25) is 0 Å². The molecule has 1 saturated carbocycles. The topological polar surface area (TPSA) is 38.0 Å². The van der Waals surface area contributed by atoms with E-state index in [1.54, 1.807) is 0 Å². The molecule has 2 unspecified atom stereocenters. The van der Waals surface area contributed by atoms with Crippen LogP contribution >= 0.6 is 0 Å². The molecule has 2 atom stereocenters. The fourth-order valence-corrected chi connectivity index (χ4v) is 2.35. The second-order valence-electron chi connectivity index (χ2n) is 4.79. The third kappa shape index (κ3) is 4.31. The molecule has 2 nitrogen and oxygen atoms in total. The summed E-state index contributed by atoms with van der Waals surface area (Å²) >= 11 is 0. The van der Waals surface area contributed by atoms with Gasteiger partial charge < -0.3 is 11.1 Å². The molecule has 18 heavy (non-hydrogen) atoms. The van der Waals surface area contributed by atoms with E-state index < -0.39 is 30.4 Å². The molecule has 0 bridgehead atoms. The van der Waals surface area contributed by atoms with Gasteiger partial charge in [-0.2, -0.15) is 26.3 Å². The minimum atomic E-state index is -4.45. The number of halogens is 6. The average Bonchev–Trinajstić information content (AvgIpc) is 2.25. The van der Waals surface area contributed by atoms with Crippen molar-refractivity contribution in [1.82, 2.24) is 5.32 Å². The molecule has 3 N–H and O–H groups in total. The molecule has 0 amide bonds. The zero-order valence-electron chi connectivity index (χ0n) is 9.67. The fraction of sp³-hybridized carbons (Fsp3) is 1.00. The summed E-state index contributed by atoms with van der Waals surface area (Å²) in [6.45, 7) is -1.54. The summed E-state index contributed by atoms with van der Waals surface area (Å²) in [5, 5.41) is 2.18. The van der Waals surface area contributed by atoms with E-state index in [4.69, 9.17) is 5.73 Å². The highest BCUT2D eigenvalue weighted by Gasteiger charge is 2.47. The quantitative estimate of drug-likeness (QED) is 0.779. The van der Waals surface area contributed by atoms with Crippen LogP contribution in [0.15, 0.2) is 0 Å². The van der Waals surface area contributed by atoms with E-state index in [0.29, 0.717) is 0 Å². The molecule has 0 aliphatic heterocycles. The van der Waals surface area contributed by atoms with Crippen LogP contribution in [0.5, 0.6) is 0 Å². The first-order chi connectivity index (χ1) is 8.08. The van der Waals surface area contributed by atoms with Crippen LogP contribution in [0.2, 0.25) is 0 Å². The van der Waals surface area contributed by atoms with Gasteiger partial charge >= 0.3 is 12.4 Å². The highest BCUT2D eigenvalue weighted by molar-refractivity contribution is 4.96. The molecule has 0 aromatic heterocycles. The van der Waals surface area contributed by atoms with Crippen molar-refractivity contribution < 1.29 is 26.3 Å². The van der Waals surface area contributed by atoms with E-state index in [1.807, 2.05) is 0 Å². The van der Waals surface area contributed by atoms with Gasteiger partial charge in [0.05, 0.1) is 12.5 Å². The van der Waals surface area contributed by atoms with Gasteiger partial charge in [-0.25, -0.2) is 0 Å². The van der Waals surface area contributed by atoms with E-state index in [1.165, 1.54) is 0 Å². The molecule has 0 spiro atoms. The summed E-state index contributed by atoms with van der Waals surface area (Å²) in [5.74, 6) is -1.57. The first-order valence-corrected chi connectivity index (χ1v) is 5.67. The molecular weight excluding hydrogens is 262 g/mol. The van der Waals surface area contributed by atoms with Crippen LogP contribution < -0.4 is 11.1 Å². The Bertz CT molecular complexity index is 275. The molecule has 0 aromatic carbocycles. The van der Waals surface area contributed by atoms with Crippen LogP contribution in [0.3, 0.4) is 0 Å². The zero-order valence-corrected chi connectivity index (χ0v) is 9.67. The third-order valence-corrected chi connectivity index (χ3v) is 3.36. The van der Waals surface area contributed by atoms with Gasteiger partial charge in [-0.1, -0.05) is 6.42 Å². The third-order valence-electron chi connectivity index (χ3n) is 3.36. The summed E-state index contributed by atoms with van der Waals surface area (Å²) < 4.78 is 74.2. The molecule has 1 aliphatic carbocycles. The maximum absolute atomic E-state index is 12.6. The number of alkyl halides is 6. The minimum absolute atomic E-state index is 0.0427. The first kappa shape index (κ1) is 15.6. The summed E-state index contributed by atoms with van der Waals surface area (Å²) in [5.41, 5.74) is 4.12. The van der Waals surface area contributed by atoms with Crippen LogP contribution in [0.1, 0.15) is 25.7 Å². The summed E-state index contributed by atoms with van der Waals surface area (Å²) in [7, 11) is 0. The molecule has 1 rings (SSSR count). The van der Waals surface area contributed by atoms with Crippen molar-refractivity contribution in [2.75, 3.05) is 13.1 Å². The van der Waals surface area contributed by atoms with Crippen LogP contribution in [0.4, 0.5) is 26.3 Å². The SMILES string of the molecule is NCC1(NCC(F)(F)F)CCCC(C(F)(F)F)C1. The second-order valence-corrected chi connectivity index (χ2v) is 4.79. The average molecular weight is 278 g/mol. The molecule has 1 aliphatic rings. The van der Waals surface area contributed by atoms with Gasteiger partial charge in [0.15, 0.2) is 0 Å². The molecule has 0 aromatic rings. The maximum Gasteiger partial charge on any atom is 0.401 e. The molecule has 1 fully saturated rings. The Morgan fingerprint density at radius 2 is 1.78 bits per heavy atom. The number of hydrogen-bond donors (Lipinski definition) is 2. The molecule has 0 radical (unpaired) electrons. The Labute approximate surface area is 101 Å². The second kappa shape index (κ2) is 5.24. The van der Waals surface area contributed by atoms with E-state index in [0.717, 1.165) is 0 Å². The summed E-state index contributed by atoms with van der Waals surface area (Å²) in [6.07, 6.45) is -8.78. The normalized spacial score (nSPS) is 30.5. The molecule has 0 heterocycles. The van der Waals surface area contributed by atoms with Gasteiger partial charge in [0, 0.05) is 12.1 Å². The van der Waals surface area contributed by atoms with Gasteiger partial charge in [0.1, 0.15) is 0 Å². The van der Waals surface area contributed by atoms with Gasteiger partial charge in [-0.05, 0) is 19.3 Å². The lowest BCUT2D eigenvalue weighted by Crippen LogP contribution is -2.57. The molecular formula is C10H16F6N2. The van der Waals surface area contributed by atoms with Crippen molar-refractivity contribution in [3.63, 3.8) is 0 Å². The molecule has 8 heteroatoms. The van der Waals surface area contributed by atoms with Crippen molar-refractivity contribution in [2.24, 2.45) is 11.7 Å². The predicted molar refractivity (Wildman–Crippen MR) is 53.9 cm³/mol. The first-order valence-electron chi connectivity index (χ1n) is 5.67. The van der Waals surface area contributed by atoms with Crippen molar-refractivity contribution >= 4 is 0 Å².